The molecule has 0 spiro atoms. The van der Waals surface area contributed by atoms with Gasteiger partial charge in [-0.1, -0.05) is 12.0 Å². The summed E-state index contributed by atoms with van der Waals surface area (Å²) in [6, 6.07) is 3.21. The predicted octanol–water partition coefficient (Wildman–Crippen LogP) is 6.60. The van der Waals surface area contributed by atoms with Gasteiger partial charge in [-0.2, -0.15) is 36.3 Å². The Morgan fingerprint density at radius 3 is 2.37 bits per heavy atom. The number of likely N-dealkylation sites (tertiary alicyclic amines) is 1. The minimum Gasteiger partial charge on any atom is -0.508 e. The highest BCUT2D eigenvalue weighted by molar-refractivity contribution is 6.03. The van der Waals surface area contributed by atoms with Crippen molar-refractivity contribution in [2.75, 3.05) is 44.2 Å². The van der Waals surface area contributed by atoms with Gasteiger partial charge < -0.3 is 24.5 Å². The number of hydrogen-bond donors (Lipinski definition) is 1. The number of hydrogen-bond acceptors (Lipinski definition) is 8. The summed E-state index contributed by atoms with van der Waals surface area (Å²) < 4.78 is 118. The second kappa shape index (κ2) is 12.8. The van der Waals surface area contributed by atoms with E-state index in [1.807, 2.05) is 4.90 Å². The first-order valence-corrected chi connectivity index (χ1v) is 17.4. The van der Waals surface area contributed by atoms with Crippen LogP contribution in [0.4, 0.5) is 40.9 Å². The molecule has 1 N–H and O–H groups in total. The molecule has 2 bridgehead atoms. The Labute approximate surface area is 302 Å². The number of phenols is 1. The zero-order valence-electron chi connectivity index (χ0n) is 28.4. The first kappa shape index (κ1) is 36.0. The first-order chi connectivity index (χ1) is 25.5. The number of nitrogens with zero attached hydrogens (tertiary/aromatic N) is 6. The van der Waals surface area contributed by atoms with E-state index in [1.165, 1.54) is 24.4 Å². The van der Waals surface area contributed by atoms with Crippen molar-refractivity contribution in [1.82, 2.24) is 24.8 Å². The Morgan fingerprint density at radius 1 is 1.04 bits per heavy atom. The fourth-order valence-corrected chi connectivity index (χ4v) is 8.16. The van der Waals surface area contributed by atoms with Crippen LogP contribution in [0.25, 0.3) is 32.9 Å². The van der Waals surface area contributed by atoms with E-state index in [1.54, 1.807) is 4.90 Å². The van der Waals surface area contributed by atoms with Gasteiger partial charge in [0.15, 0.2) is 5.82 Å². The topological polar surface area (TPSA) is 94.9 Å². The van der Waals surface area contributed by atoms with Gasteiger partial charge in [-0.05, 0) is 68.8 Å². The lowest BCUT2D eigenvalue weighted by Crippen LogP contribution is -2.72. The zero-order chi connectivity index (χ0) is 38.3. The van der Waals surface area contributed by atoms with Gasteiger partial charge in [-0.3, -0.25) is 9.78 Å². The van der Waals surface area contributed by atoms with Crippen molar-refractivity contribution in [1.29, 1.82) is 0 Å². The summed E-state index contributed by atoms with van der Waals surface area (Å²) >= 11 is 0. The van der Waals surface area contributed by atoms with Crippen LogP contribution in [0.1, 0.15) is 37.7 Å². The molecule has 9 rings (SSSR count). The fraction of sp³-hybridized carbons (Fsp3) is 0.459. The Kier molecular flexibility index (Phi) is 8.55. The Hall–Kier alpha value is -4.98. The average Bonchev–Trinajstić information content (AvgIpc) is 3.89. The van der Waals surface area contributed by atoms with E-state index in [-0.39, 0.29) is 96.3 Å². The van der Waals surface area contributed by atoms with Crippen molar-refractivity contribution < 1.29 is 49.8 Å². The third kappa shape index (κ3) is 6.37. The van der Waals surface area contributed by atoms with E-state index in [2.05, 4.69) is 20.9 Å². The predicted molar refractivity (Wildman–Crippen MR) is 179 cm³/mol. The molecule has 284 valence electrons. The number of anilines is 1. The SMILES string of the molecule is C#Cc1c(F)ccc2cc(O)cc(-c3ncc4c(N5CC6CC(C5)N6C(=O)C(F)(F)F)nc(OCC5(CN6CCC(C(F)(F)F)CC6)CC5)nc4c3F)c12. The molecule has 4 aliphatic heterocycles. The lowest BCUT2D eigenvalue weighted by molar-refractivity contribution is -0.199. The minimum absolute atomic E-state index is 0.000992. The van der Waals surface area contributed by atoms with Crippen molar-refractivity contribution >= 4 is 33.4 Å². The lowest BCUT2D eigenvalue weighted by atomic mass is 9.87. The molecule has 17 heteroatoms. The quantitative estimate of drug-likeness (QED) is 0.167. The molecule has 1 amide bonds. The van der Waals surface area contributed by atoms with Crippen molar-refractivity contribution in [2.24, 2.45) is 11.3 Å². The van der Waals surface area contributed by atoms with Crippen LogP contribution in [0.3, 0.4) is 0 Å². The number of fused-ring (bicyclic) bond motifs is 4. The van der Waals surface area contributed by atoms with Gasteiger partial charge in [0.1, 0.15) is 28.6 Å². The van der Waals surface area contributed by atoms with Crippen LogP contribution in [-0.2, 0) is 4.79 Å². The zero-order valence-corrected chi connectivity index (χ0v) is 28.4. The number of amides is 1. The standard InChI is InChI=1S/C37H32F8N6O3/c1-2-24-27(38)4-3-19-11-23(52)13-25(28(19)24)30-29(39)31-26(14-46-30)32(50-15-21-12-22(16-50)51(21)33(53)37(43,44)45)48-34(47-31)54-18-35(7-8-35)17-49-9-5-20(6-10-49)36(40,41)42/h1,3-4,11,13-14,20-22,52H,5-10,12,15-18H2. The highest BCUT2D eigenvalue weighted by atomic mass is 19.4. The van der Waals surface area contributed by atoms with Gasteiger partial charge in [0.25, 0.3) is 0 Å². The van der Waals surface area contributed by atoms with Gasteiger partial charge in [0, 0.05) is 42.2 Å². The Morgan fingerprint density at radius 2 is 1.74 bits per heavy atom. The van der Waals surface area contributed by atoms with Gasteiger partial charge in [0.2, 0.25) is 0 Å². The number of piperazine rings is 1. The number of alkyl halides is 6. The molecule has 4 saturated heterocycles. The van der Waals surface area contributed by atoms with Crippen LogP contribution in [0.5, 0.6) is 11.8 Å². The number of carbonyl (C=O) groups is 1. The number of halogens is 8. The number of rotatable bonds is 7. The van der Waals surface area contributed by atoms with E-state index in [9.17, 15) is 40.6 Å². The lowest BCUT2D eigenvalue weighted by Gasteiger charge is -2.56. The second-order valence-corrected chi connectivity index (χ2v) is 14.7. The van der Waals surface area contributed by atoms with Crippen molar-refractivity contribution in [3.05, 3.63) is 47.7 Å². The maximum absolute atomic E-state index is 16.9. The largest absolute Gasteiger partial charge is 0.508 e. The Balaban J connectivity index is 1.15. The summed E-state index contributed by atoms with van der Waals surface area (Å²) in [7, 11) is 0. The molecule has 4 aromatic rings. The number of pyridine rings is 1. The van der Waals surface area contributed by atoms with Gasteiger partial charge in [0.05, 0.1) is 35.6 Å². The van der Waals surface area contributed by atoms with E-state index >= 15 is 4.39 Å². The summed E-state index contributed by atoms with van der Waals surface area (Å²) in [5.74, 6) is -2.91. The van der Waals surface area contributed by atoms with E-state index < -0.39 is 53.3 Å². The third-order valence-electron chi connectivity index (χ3n) is 11.1. The van der Waals surface area contributed by atoms with Crippen LogP contribution in [0, 0.1) is 35.3 Å². The minimum atomic E-state index is -5.05. The van der Waals surface area contributed by atoms with Crippen LogP contribution in [0.2, 0.25) is 0 Å². The van der Waals surface area contributed by atoms with E-state index in [0.717, 1.165) is 23.8 Å². The number of carbonyl (C=O) groups excluding carboxylic acids is 1. The average molecular weight is 761 g/mol. The smallest absolute Gasteiger partial charge is 0.471 e. The third-order valence-corrected chi connectivity index (χ3v) is 11.1. The van der Waals surface area contributed by atoms with Gasteiger partial charge in [-0.25, -0.2) is 8.78 Å². The molecule has 2 atom stereocenters. The number of phenolic OH excluding ortho intramolecular Hbond substituents is 1. The molecular formula is C37H32F8N6O3. The highest BCUT2D eigenvalue weighted by Gasteiger charge is 2.55. The number of ether oxygens (including phenoxy) is 1. The van der Waals surface area contributed by atoms with E-state index in [4.69, 9.17) is 11.2 Å². The highest BCUT2D eigenvalue weighted by Crippen LogP contribution is 2.48. The molecule has 0 radical (unpaired) electrons. The Bertz CT molecular complexity index is 2200. The van der Waals surface area contributed by atoms with Crippen molar-refractivity contribution in [3.63, 3.8) is 0 Å². The molecule has 1 saturated carbocycles. The molecule has 5 aliphatic rings. The molecule has 2 aromatic carbocycles. The molecule has 6 heterocycles. The summed E-state index contributed by atoms with van der Waals surface area (Å²) in [6.07, 6.45) is -0.591. The van der Waals surface area contributed by atoms with Crippen molar-refractivity contribution in [3.8, 4) is 35.4 Å². The van der Waals surface area contributed by atoms with E-state index in [0.29, 0.717) is 18.4 Å². The monoisotopic (exact) mass is 760 g/mol. The number of aromatic hydroxyl groups is 1. The normalized spacial score (nSPS) is 21.6. The maximum atomic E-state index is 16.9. The fourth-order valence-electron chi connectivity index (χ4n) is 8.16. The molecule has 1 aliphatic carbocycles. The molecule has 2 unspecified atom stereocenters. The second-order valence-electron chi connectivity index (χ2n) is 14.7. The number of aromatic nitrogens is 3. The molecular weight excluding hydrogens is 728 g/mol. The first-order valence-electron chi connectivity index (χ1n) is 17.4. The maximum Gasteiger partial charge on any atom is 0.471 e. The van der Waals surface area contributed by atoms with Crippen molar-refractivity contribution in [2.45, 2.75) is 56.5 Å². The summed E-state index contributed by atoms with van der Waals surface area (Å²) in [4.78, 5) is 29.8. The van der Waals surface area contributed by atoms with Crippen LogP contribution in [0.15, 0.2) is 30.5 Å². The van der Waals surface area contributed by atoms with Crippen LogP contribution in [-0.4, -0.2) is 99.5 Å². The van der Waals surface area contributed by atoms with Crippen LogP contribution >= 0.6 is 0 Å². The van der Waals surface area contributed by atoms with Gasteiger partial charge >= 0.3 is 24.3 Å². The summed E-state index contributed by atoms with van der Waals surface area (Å²) in [5.41, 5.74) is -1.21. The molecule has 9 nitrogen and oxygen atoms in total. The van der Waals surface area contributed by atoms with Gasteiger partial charge in [-0.15, -0.1) is 6.42 Å². The summed E-state index contributed by atoms with van der Waals surface area (Å²) in [6.45, 7) is 1.02. The number of piperidine rings is 2. The summed E-state index contributed by atoms with van der Waals surface area (Å²) in [5, 5.41) is 11.0. The molecule has 5 fully saturated rings. The number of benzene rings is 2. The van der Waals surface area contributed by atoms with Crippen LogP contribution < -0.4 is 9.64 Å². The number of terminal acetylenes is 1. The molecule has 54 heavy (non-hydrogen) atoms. The molecule has 2 aromatic heterocycles.